The summed E-state index contributed by atoms with van der Waals surface area (Å²) in [6.07, 6.45) is 0.784. The second-order valence-corrected chi connectivity index (χ2v) is 8.52. The molecule has 2 aromatic carbocycles. The van der Waals surface area contributed by atoms with Crippen molar-refractivity contribution >= 4 is 35.2 Å². The van der Waals surface area contributed by atoms with Gasteiger partial charge in [0.25, 0.3) is 11.8 Å². The van der Waals surface area contributed by atoms with Gasteiger partial charge >= 0.3 is 0 Å². The Labute approximate surface area is 202 Å². The molecule has 1 atom stereocenters. The molecule has 1 saturated heterocycles. The Balaban J connectivity index is 1.42. The summed E-state index contributed by atoms with van der Waals surface area (Å²) in [7, 11) is 3.42. The van der Waals surface area contributed by atoms with E-state index in [1.807, 2.05) is 36.2 Å². The van der Waals surface area contributed by atoms with Crippen LogP contribution in [0.1, 0.15) is 39.1 Å². The summed E-state index contributed by atoms with van der Waals surface area (Å²) in [5.41, 5.74) is 1.40. The van der Waals surface area contributed by atoms with E-state index >= 15 is 0 Å². The Kier molecular flexibility index (Phi) is 6.92. The number of methoxy groups -OCH3 is 1. The Morgan fingerprint density at radius 2 is 1.89 bits per heavy atom. The molecule has 2 N–H and O–H groups in total. The van der Waals surface area contributed by atoms with Crippen molar-refractivity contribution in [2.75, 3.05) is 32.6 Å². The Bertz CT molecular complexity index is 1210. The summed E-state index contributed by atoms with van der Waals surface area (Å²) in [6.45, 7) is 0.666. The lowest BCUT2D eigenvalue weighted by molar-refractivity contribution is -0.136. The van der Waals surface area contributed by atoms with Crippen LogP contribution in [0.3, 0.4) is 0 Å². The van der Waals surface area contributed by atoms with Crippen LogP contribution in [0.5, 0.6) is 5.75 Å². The first kappa shape index (κ1) is 24.1. The number of ether oxygens (including phenoxy) is 1. The van der Waals surface area contributed by atoms with Crippen LogP contribution < -0.4 is 15.4 Å². The average Bonchev–Trinajstić information content (AvgIpc) is 3.08. The predicted molar refractivity (Wildman–Crippen MR) is 126 cm³/mol. The van der Waals surface area contributed by atoms with E-state index in [0.717, 1.165) is 16.2 Å². The molecule has 2 aromatic rings. The third-order valence-electron chi connectivity index (χ3n) is 6.11. The second kappa shape index (κ2) is 10.1. The van der Waals surface area contributed by atoms with Crippen molar-refractivity contribution < 1.29 is 28.7 Å². The van der Waals surface area contributed by atoms with Crippen molar-refractivity contribution in [3.8, 4) is 5.75 Å². The molecule has 10 heteroatoms. The van der Waals surface area contributed by atoms with Crippen molar-refractivity contribution in [1.29, 1.82) is 0 Å². The minimum atomic E-state index is -1.07. The monoisotopic (exact) mass is 478 g/mol. The highest BCUT2D eigenvalue weighted by Gasteiger charge is 2.45. The smallest absolute Gasteiger partial charge is 0.264 e. The maximum Gasteiger partial charge on any atom is 0.264 e. The van der Waals surface area contributed by atoms with Crippen LogP contribution in [0, 0.1) is 0 Å². The van der Waals surface area contributed by atoms with Gasteiger partial charge in [0.2, 0.25) is 17.7 Å². The molecule has 2 heterocycles. The first-order valence-corrected chi connectivity index (χ1v) is 11.2. The number of nitrogens with one attached hydrogen (secondary N) is 2. The van der Waals surface area contributed by atoms with Crippen LogP contribution in [0.2, 0.25) is 0 Å². The van der Waals surface area contributed by atoms with Crippen molar-refractivity contribution in [1.82, 2.24) is 15.1 Å². The molecule has 0 aromatic heterocycles. The topological polar surface area (TPSA) is 125 Å². The molecule has 35 heavy (non-hydrogen) atoms. The number of carbonyl (C=O) groups is 5. The Morgan fingerprint density at radius 1 is 1.11 bits per heavy atom. The standard InChI is InChI=1S/C25H26N4O6/c1-28(13-12-15-6-3-4-9-19(15)35-2)14-21(31)26-17-8-5-7-16-22(17)25(34)29(24(16)33)18-10-11-20(30)27-23(18)32/h3-9,18H,10-14H2,1-2H3,(H,26,31)(H,27,30,32). The summed E-state index contributed by atoms with van der Waals surface area (Å²) in [5, 5.41) is 4.89. The predicted octanol–water partition coefficient (Wildman–Crippen LogP) is 1.21. The largest absolute Gasteiger partial charge is 0.496 e. The fourth-order valence-corrected chi connectivity index (χ4v) is 4.35. The van der Waals surface area contributed by atoms with Crippen LogP contribution in [0.15, 0.2) is 42.5 Å². The minimum Gasteiger partial charge on any atom is -0.496 e. The van der Waals surface area contributed by atoms with E-state index in [2.05, 4.69) is 10.6 Å². The SMILES string of the molecule is COc1ccccc1CCN(C)CC(=O)Nc1cccc2c1C(=O)N(C1CCC(=O)NC1=O)C2=O. The normalized spacial score (nSPS) is 17.5. The zero-order valence-electron chi connectivity index (χ0n) is 19.5. The zero-order chi connectivity index (χ0) is 25.1. The number of piperidine rings is 1. The second-order valence-electron chi connectivity index (χ2n) is 8.52. The fourth-order valence-electron chi connectivity index (χ4n) is 4.35. The summed E-state index contributed by atoms with van der Waals surface area (Å²) in [4.78, 5) is 65.2. The molecular weight excluding hydrogens is 452 g/mol. The number of anilines is 1. The number of fused-ring (bicyclic) bond motifs is 1. The van der Waals surface area contributed by atoms with Crippen LogP contribution in [-0.4, -0.2) is 72.6 Å². The molecule has 2 aliphatic rings. The number of benzene rings is 2. The number of rotatable bonds is 8. The number of para-hydroxylation sites is 1. The zero-order valence-corrected chi connectivity index (χ0v) is 19.5. The van der Waals surface area contributed by atoms with Gasteiger partial charge in [0.05, 0.1) is 30.5 Å². The van der Waals surface area contributed by atoms with Gasteiger partial charge in [0, 0.05) is 13.0 Å². The fraction of sp³-hybridized carbons (Fsp3) is 0.320. The number of hydrogen-bond donors (Lipinski definition) is 2. The number of imide groups is 2. The molecule has 0 radical (unpaired) electrons. The number of likely N-dealkylation sites (N-methyl/N-ethyl adjacent to an activating group) is 1. The van der Waals surface area contributed by atoms with Crippen molar-refractivity contribution in [3.05, 3.63) is 59.2 Å². The summed E-state index contributed by atoms with van der Waals surface area (Å²) < 4.78 is 5.36. The lowest BCUT2D eigenvalue weighted by Crippen LogP contribution is -2.54. The number of amides is 5. The number of carbonyl (C=O) groups excluding carboxylic acids is 5. The van der Waals surface area contributed by atoms with Gasteiger partial charge in [0.1, 0.15) is 11.8 Å². The first-order chi connectivity index (χ1) is 16.8. The first-order valence-electron chi connectivity index (χ1n) is 11.2. The van der Waals surface area contributed by atoms with Gasteiger partial charge in [-0.15, -0.1) is 0 Å². The van der Waals surface area contributed by atoms with E-state index in [-0.39, 0.29) is 42.1 Å². The van der Waals surface area contributed by atoms with Gasteiger partial charge < -0.3 is 10.1 Å². The Morgan fingerprint density at radius 3 is 2.63 bits per heavy atom. The van der Waals surface area contributed by atoms with Crippen LogP contribution in [0.25, 0.3) is 0 Å². The van der Waals surface area contributed by atoms with Crippen molar-refractivity contribution in [2.24, 2.45) is 0 Å². The third-order valence-corrected chi connectivity index (χ3v) is 6.11. The number of hydrogen-bond acceptors (Lipinski definition) is 7. The van der Waals surface area contributed by atoms with Gasteiger partial charge in [0.15, 0.2) is 0 Å². The van der Waals surface area contributed by atoms with E-state index in [0.29, 0.717) is 13.0 Å². The summed E-state index contributed by atoms with van der Waals surface area (Å²) in [5.74, 6) is -1.97. The van der Waals surface area contributed by atoms with Crippen molar-refractivity contribution in [2.45, 2.75) is 25.3 Å². The molecule has 5 amide bonds. The highest BCUT2D eigenvalue weighted by atomic mass is 16.5. The van der Waals surface area contributed by atoms with Crippen LogP contribution in [-0.2, 0) is 20.8 Å². The van der Waals surface area contributed by atoms with E-state index in [4.69, 9.17) is 4.74 Å². The lowest BCUT2D eigenvalue weighted by Gasteiger charge is -2.27. The molecule has 0 bridgehead atoms. The quantitative estimate of drug-likeness (QED) is 0.547. The van der Waals surface area contributed by atoms with E-state index in [9.17, 15) is 24.0 Å². The number of nitrogens with zero attached hydrogens (tertiary/aromatic N) is 2. The maximum absolute atomic E-state index is 13.1. The van der Waals surface area contributed by atoms with Crippen molar-refractivity contribution in [3.63, 3.8) is 0 Å². The molecule has 0 spiro atoms. The molecule has 4 rings (SSSR count). The van der Waals surface area contributed by atoms with Gasteiger partial charge in [-0.2, -0.15) is 0 Å². The van der Waals surface area contributed by atoms with E-state index < -0.39 is 29.7 Å². The van der Waals surface area contributed by atoms with Crippen LogP contribution in [0.4, 0.5) is 5.69 Å². The van der Waals surface area contributed by atoms with Gasteiger partial charge in [-0.05, 0) is 43.7 Å². The average molecular weight is 479 g/mol. The highest BCUT2D eigenvalue weighted by Crippen LogP contribution is 2.32. The minimum absolute atomic E-state index is 0.0363. The molecule has 10 nitrogen and oxygen atoms in total. The van der Waals surface area contributed by atoms with E-state index in [1.54, 1.807) is 19.2 Å². The Hall–Kier alpha value is -4.05. The lowest BCUT2D eigenvalue weighted by atomic mass is 10.0. The maximum atomic E-state index is 13.1. The third kappa shape index (κ3) is 4.92. The molecule has 182 valence electrons. The van der Waals surface area contributed by atoms with Gasteiger partial charge in [-0.1, -0.05) is 24.3 Å². The van der Waals surface area contributed by atoms with E-state index in [1.165, 1.54) is 6.07 Å². The molecule has 1 unspecified atom stereocenters. The molecule has 1 fully saturated rings. The van der Waals surface area contributed by atoms with Gasteiger partial charge in [-0.3, -0.25) is 39.1 Å². The summed E-state index contributed by atoms with van der Waals surface area (Å²) in [6, 6.07) is 11.2. The molecule has 2 aliphatic heterocycles. The van der Waals surface area contributed by atoms with Crippen LogP contribution >= 0.6 is 0 Å². The summed E-state index contributed by atoms with van der Waals surface area (Å²) >= 11 is 0. The molecular formula is C25H26N4O6. The van der Waals surface area contributed by atoms with Gasteiger partial charge in [-0.25, -0.2) is 0 Å². The molecule has 0 saturated carbocycles. The molecule has 0 aliphatic carbocycles. The highest BCUT2D eigenvalue weighted by molar-refractivity contribution is 6.26.